The Morgan fingerprint density at radius 2 is 2.24 bits per heavy atom. The molecule has 1 aliphatic carbocycles. The van der Waals surface area contributed by atoms with E-state index in [9.17, 15) is 4.79 Å². The van der Waals surface area contributed by atoms with E-state index in [-0.39, 0.29) is 11.1 Å². The molecule has 0 saturated heterocycles. The molecule has 17 heavy (non-hydrogen) atoms. The molecule has 1 aromatic heterocycles. The summed E-state index contributed by atoms with van der Waals surface area (Å²) in [5.74, 6) is -0.917. The fourth-order valence-electron chi connectivity index (χ4n) is 2.57. The lowest BCUT2D eigenvalue weighted by Crippen LogP contribution is -2.36. The number of imidazole rings is 1. The van der Waals surface area contributed by atoms with Gasteiger partial charge in [-0.15, -0.1) is 0 Å². The van der Waals surface area contributed by atoms with Gasteiger partial charge in [-0.25, -0.2) is 9.78 Å². The molecule has 0 bridgehead atoms. The van der Waals surface area contributed by atoms with E-state index in [2.05, 4.69) is 16.5 Å². The normalized spacial score (nSPS) is 17.9. The summed E-state index contributed by atoms with van der Waals surface area (Å²) in [6.07, 6.45) is 5.27. The minimum absolute atomic E-state index is 0.117. The highest BCUT2D eigenvalue weighted by Gasteiger charge is 2.34. The molecular formula is C13H14N2O2. The molecule has 3 rings (SSSR count). The van der Waals surface area contributed by atoms with Crippen LogP contribution in [-0.4, -0.2) is 20.6 Å². The van der Waals surface area contributed by atoms with E-state index < -0.39 is 5.97 Å². The molecule has 0 spiro atoms. The summed E-state index contributed by atoms with van der Waals surface area (Å²) in [6.45, 7) is 2.20. The smallest absolute Gasteiger partial charge is 0.337 e. The molecule has 1 N–H and O–H groups in total. The van der Waals surface area contributed by atoms with Crippen molar-refractivity contribution < 1.29 is 9.90 Å². The van der Waals surface area contributed by atoms with Gasteiger partial charge in [-0.2, -0.15) is 0 Å². The lowest BCUT2D eigenvalue weighted by Gasteiger charge is -2.40. The fraction of sp³-hybridized carbons (Fsp3) is 0.385. The van der Waals surface area contributed by atoms with Crippen LogP contribution >= 0.6 is 0 Å². The third-order valence-corrected chi connectivity index (χ3v) is 3.82. The van der Waals surface area contributed by atoms with Crippen molar-refractivity contribution in [3.05, 3.63) is 30.1 Å². The average Bonchev–Trinajstić information content (AvgIpc) is 2.69. The first-order valence-corrected chi connectivity index (χ1v) is 5.82. The van der Waals surface area contributed by atoms with Gasteiger partial charge in [0.15, 0.2) is 0 Å². The first-order chi connectivity index (χ1) is 8.12. The van der Waals surface area contributed by atoms with Crippen LogP contribution in [0, 0.1) is 0 Å². The molecule has 1 fully saturated rings. The Bertz CT molecular complexity index is 596. The maximum atomic E-state index is 11.1. The number of benzene rings is 1. The lowest BCUT2D eigenvalue weighted by molar-refractivity contribution is 0.0699. The number of nitrogens with zero attached hydrogens (tertiary/aromatic N) is 2. The SMILES string of the molecule is CC1(n2cnc3c(C(=O)O)cccc32)CCC1. The number of carboxylic acids is 1. The van der Waals surface area contributed by atoms with Gasteiger partial charge in [0, 0.05) is 5.54 Å². The van der Waals surface area contributed by atoms with Crippen LogP contribution in [0.3, 0.4) is 0 Å². The van der Waals surface area contributed by atoms with E-state index in [1.165, 1.54) is 6.42 Å². The van der Waals surface area contributed by atoms with Crippen LogP contribution in [0.4, 0.5) is 0 Å². The van der Waals surface area contributed by atoms with Crippen LogP contribution in [0.25, 0.3) is 11.0 Å². The molecule has 0 atom stereocenters. The number of carbonyl (C=O) groups is 1. The summed E-state index contributed by atoms with van der Waals surface area (Å²) >= 11 is 0. The topological polar surface area (TPSA) is 55.1 Å². The molecule has 0 amide bonds. The Morgan fingerprint density at radius 1 is 1.47 bits per heavy atom. The van der Waals surface area contributed by atoms with Crippen LogP contribution in [0.2, 0.25) is 0 Å². The molecule has 1 aromatic carbocycles. The molecule has 1 saturated carbocycles. The zero-order valence-electron chi connectivity index (χ0n) is 9.68. The number of carboxylic acid groups (broad SMARTS) is 1. The third kappa shape index (κ3) is 1.37. The van der Waals surface area contributed by atoms with Gasteiger partial charge in [0.1, 0.15) is 5.52 Å². The van der Waals surface area contributed by atoms with E-state index >= 15 is 0 Å². The summed E-state index contributed by atoms with van der Waals surface area (Å²) < 4.78 is 2.12. The molecule has 4 heteroatoms. The number of aromatic carboxylic acids is 1. The predicted octanol–water partition coefficient (Wildman–Crippen LogP) is 2.63. The zero-order chi connectivity index (χ0) is 12.0. The fourth-order valence-corrected chi connectivity index (χ4v) is 2.57. The molecule has 0 aliphatic heterocycles. The Kier molecular flexibility index (Phi) is 2.02. The first kappa shape index (κ1) is 10.3. The minimum Gasteiger partial charge on any atom is -0.478 e. The van der Waals surface area contributed by atoms with Gasteiger partial charge in [-0.05, 0) is 38.3 Å². The summed E-state index contributed by atoms with van der Waals surface area (Å²) in [5, 5.41) is 9.12. The van der Waals surface area contributed by atoms with Crippen LogP contribution in [0.1, 0.15) is 36.5 Å². The van der Waals surface area contributed by atoms with Gasteiger partial charge in [-0.1, -0.05) is 6.07 Å². The number of hydrogen-bond donors (Lipinski definition) is 1. The maximum absolute atomic E-state index is 11.1. The van der Waals surface area contributed by atoms with E-state index in [4.69, 9.17) is 5.11 Å². The molecule has 88 valence electrons. The second kappa shape index (κ2) is 3.32. The van der Waals surface area contributed by atoms with Crippen molar-refractivity contribution in [2.45, 2.75) is 31.7 Å². The van der Waals surface area contributed by atoms with Crippen LogP contribution in [0.5, 0.6) is 0 Å². The van der Waals surface area contributed by atoms with Crippen molar-refractivity contribution in [2.24, 2.45) is 0 Å². The Hall–Kier alpha value is -1.84. The Balaban J connectivity index is 2.23. The van der Waals surface area contributed by atoms with Crippen LogP contribution in [-0.2, 0) is 5.54 Å². The molecule has 4 nitrogen and oxygen atoms in total. The van der Waals surface area contributed by atoms with Crippen molar-refractivity contribution in [3.8, 4) is 0 Å². The van der Waals surface area contributed by atoms with Gasteiger partial charge >= 0.3 is 5.97 Å². The second-order valence-electron chi connectivity index (χ2n) is 4.94. The first-order valence-electron chi connectivity index (χ1n) is 5.82. The van der Waals surface area contributed by atoms with Gasteiger partial charge in [0.25, 0.3) is 0 Å². The van der Waals surface area contributed by atoms with Gasteiger partial charge in [0.05, 0.1) is 17.4 Å². The number of hydrogen-bond acceptors (Lipinski definition) is 2. The van der Waals surface area contributed by atoms with Gasteiger partial charge in [0.2, 0.25) is 0 Å². The lowest BCUT2D eigenvalue weighted by atomic mass is 9.78. The summed E-state index contributed by atoms with van der Waals surface area (Å²) in [6, 6.07) is 5.33. The number of aromatic nitrogens is 2. The largest absolute Gasteiger partial charge is 0.478 e. The Labute approximate surface area is 98.9 Å². The highest BCUT2D eigenvalue weighted by molar-refractivity contribution is 6.00. The summed E-state index contributed by atoms with van der Waals surface area (Å²) in [5.41, 5.74) is 1.91. The summed E-state index contributed by atoms with van der Waals surface area (Å²) in [7, 11) is 0. The second-order valence-corrected chi connectivity index (χ2v) is 4.94. The van der Waals surface area contributed by atoms with Gasteiger partial charge < -0.3 is 9.67 Å². The molecular weight excluding hydrogens is 216 g/mol. The van der Waals surface area contributed by atoms with Crippen molar-refractivity contribution in [1.29, 1.82) is 0 Å². The molecule has 1 heterocycles. The molecule has 0 radical (unpaired) electrons. The zero-order valence-corrected chi connectivity index (χ0v) is 9.68. The van der Waals surface area contributed by atoms with Crippen molar-refractivity contribution in [2.75, 3.05) is 0 Å². The summed E-state index contributed by atoms with van der Waals surface area (Å²) in [4.78, 5) is 15.4. The van der Waals surface area contributed by atoms with Crippen LogP contribution in [0.15, 0.2) is 24.5 Å². The average molecular weight is 230 g/mol. The van der Waals surface area contributed by atoms with E-state index in [1.807, 2.05) is 6.07 Å². The molecule has 0 unspecified atom stereocenters. The maximum Gasteiger partial charge on any atom is 0.337 e. The van der Waals surface area contributed by atoms with E-state index in [0.29, 0.717) is 5.52 Å². The quantitative estimate of drug-likeness (QED) is 0.862. The number of para-hydroxylation sites is 1. The van der Waals surface area contributed by atoms with E-state index in [0.717, 1.165) is 18.4 Å². The van der Waals surface area contributed by atoms with Crippen molar-refractivity contribution >= 4 is 17.0 Å². The minimum atomic E-state index is -0.917. The van der Waals surface area contributed by atoms with Crippen LogP contribution < -0.4 is 0 Å². The molecule has 2 aromatic rings. The van der Waals surface area contributed by atoms with Gasteiger partial charge in [-0.3, -0.25) is 0 Å². The monoisotopic (exact) mass is 230 g/mol. The number of fused-ring (bicyclic) bond motifs is 1. The molecule has 1 aliphatic rings. The number of rotatable bonds is 2. The van der Waals surface area contributed by atoms with E-state index in [1.54, 1.807) is 18.5 Å². The highest BCUT2D eigenvalue weighted by atomic mass is 16.4. The van der Waals surface area contributed by atoms with Crippen molar-refractivity contribution in [3.63, 3.8) is 0 Å². The standard InChI is InChI=1S/C13H14N2O2/c1-13(6-3-7-13)15-8-14-11-9(12(16)17)4-2-5-10(11)15/h2,4-5,8H,3,6-7H2,1H3,(H,16,17). The Morgan fingerprint density at radius 3 is 2.82 bits per heavy atom. The highest BCUT2D eigenvalue weighted by Crippen LogP contribution is 2.40. The predicted molar refractivity (Wildman–Crippen MR) is 64.2 cm³/mol. The van der Waals surface area contributed by atoms with Crippen molar-refractivity contribution in [1.82, 2.24) is 9.55 Å². The third-order valence-electron chi connectivity index (χ3n) is 3.82.